The minimum absolute atomic E-state index is 0.0138. The first kappa shape index (κ1) is 23.4. The summed E-state index contributed by atoms with van der Waals surface area (Å²) in [7, 11) is 1.62. The van der Waals surface area contributed by atoms with E-state index in [1.807, 2.05) is 23.8 Å². The van der Waals surface area contributed by atoms with Gasteiger partial charge in [0.05, 0.1) is 10.7 Å². The van der Waals surface area contributed by atoms with Gasteiger partial charge in [0.25, 0.3) is 0 Å². The van der Waals surface area contributed by atoms with E-state index < -0.39 is 11.6 Å². The highest BCUT2D eigenvalue weighted by Crippen LogP contribution is 2.55. The van der Waals surface area contributed by atoms with Crippen molar-refractivity contribution in [3.05, 3.63) is 47.6 Å². The van der Waals surface area contributed by atoms with Crippen LogP contribution in [0, 0.1) is 0 Å². The molecule has 5 rings (SSSR count). The summed E-state index contributed by atoms with van der Waals surface area (Å²) in [6.07, 6.45) is 2.68. The molecule has 35 heavy (non-hydrogen) atoms. The number of aliphatic imine (C=N–C) groups is 1. The highest BCUT2D eigenvalue weighted by Gasteiger charge is 2.62. The Bertz CT molecular complexity index is 1330. The third kappa shape index (κ3) is 3.69. The van der Waals surface area contributed by atoms with Crippen LogP contribution in [-0.4, -0.2) is 43.4 Å². The molecule has 0 bridgehead atoms. The molecule has 0 radical (unpaired) electrons. The van der Waals surface area contributed by atoms with E-state index in [0.717, 1.165) is 5.56 Å². The molecule has 4 heterocycles. The number of hydrogen-bond donors (Lipinski definition) is 2. The summed E-state index contributed by atoms with van der Waals surface area (Å²) in [5.74, 6) is 1.48. The average Bonchev–Trinajstić information content (AvgIpc) is 3.38. The summed E-state index contributed by atoms with van der Waals surface area (Å²) in [5.41, 5.74) is 5.73. The van der Waals surface area contributed by atoms with Gasteiger partial charge in [0, 0.05) is 43.2 Å². The molecule has 1 aliphatic carbocycles. The van der Waals surface area contributed by atoms with Gasteiger partial charge >= 0.3 is 6.18 Å². The summed E-state index contributed by atoms with van der Waals surface area (Å²) < 4.78 is 45.7. The Labute approximate surface area is 204 Å². The summed E-state index contributed by atoms with van der Waals surface area (Å²) in [6, 6.07) is 3.56. The van der Waals surface area contributed by atoms with E-state index in [1.165, 1.54) is 12.4 Å². The first-order valence-corrected chi connectivity index (χ1v) is 11.6. The first-order chi connectivity index (χ1) is 16.7. The molecule has 2 aliphatic rings. The number of rotatable bonds is 4. The average molecular weight is 505 g/mol. The smallest absolute Gasteiger partial charge is 0.401 e. The lowest BCUT2D eigenvalue weighted by Gasteiger charge is -2.42. The molecular weight excluding hydrogens is 481 g/mol. The number of aromatic nitrogens is 5. The van der Waals surface area contributed by atoms with Crippen molar-refractivity contribution in [2.24, 2.45) is 10.7 Å². The maximum atomic E-state index is 14.0. The SMILES string of the molecule is CN=C(C=CN)Nc1cc(-c2cc3n(c2)[C@@H](C)Cn2c-3nnc2C2(C(F)(F)F)CCC2)c(Cl)cn1. The maximum absolute atomic E-state index is 14.0. The van der Waals surface area contributed by atoms with E-state index in [9.17, 15) is 13.2 Å². The Morgan fingerprint density at radius 3 is 2.71 bits per heavy atom. The molecule has 1 saturated carbocycles. The monoisotopic (exact) mass is 504 g/mol. The molecule has 3 N–H and O–H groups in total. The van der Waals surface area contributed by atoms with Crippen molar-refractivity contribution in [2.45, 2.75) is 50.4 Å². The fourth-order valence-corrected chi connectivity index (χ4v) is 5.04. The Kier molecular flexibility index (Phi) is 5.62. The molecule has 1 aliphatic heterocycles. The number of fused-ring (bicyclic) bond motifs is 3. The molecule has 184 valence electrons. The molecule has 1 fully saturated rings. The number of hydrogen-bond acceptors (Lipinski definition) is 5. The summed E-state index contributed by atoms with van der Waals surface area (Å²) in [5, 5.41) is 11.8. The lowest BCUT2D eigenvalue weighted by Crippen LogP contribution is -2.50. The zero-order valence-electron chi connectivity index (χ0n) is 19.1. The van der Waals surface area contributed by atoms with Gasteiger partial charge in [-0.1, -0.05) is 18.0 Å². The second kappa shape index (κ2) is 8.40. The minimum Gasteiger partial charge on any atom is -0.404 e. The number of nitrogens with two attached hydrogens (primary N) is 1. The summed E-state index contributed by atoms with van der Waals surface area (Å²) in [4.78, 5) is 8.40. The number of alkyl halides is 3. The van der Waals surface area contributed by atoms with Gasteiger partial charge in [-0.15, -0.1) is 10.2 Å². The van der Waals surface area contributed by atoms with Gasteiger partial charge in [-0.2, -0.15) is 13.2 Å². The number of pyridine rings is 1. The molecule has 8 nitrogen and oxygen atoms in total. The third-order valence-electron chi connectivity index (χ3n) is 6.85. The van der Waals surface area contributed by atoms with E-state index in [1.54, 1.807) is 23.8 Å². The van der Waals surface area contributed by atoms with Crippen molar-refractivity contribution in [3.8, 4) is 22.6 Å². The zero-order chi connectivity index (χ0) is 25.0. The number of nitrogens with one attached hydrogen (secondary N) is 1. The van der Waals surface area contributed by atoms with Gasteiger partial charge in [-0.3, -0.25) is 4.99 Å². The van der Waals surface area contributed by atoms with Crippen molar-refractivity contribution < 1.29 is 13.2 Å². The molecular formula is C23H24ClF3N8. The Balaban J connectivity index is 1.56. The Morgan fingerprint density at radius 1 is 1.31 bits per heavy atom. The molecule has 1 atom stereocenters. The van der Waals surface area contributed by atoms with Crippen molar-refractivity contribution in [1.29, 1.82) is 0 Å². The Morgan fingerprint density at radius 2 is 2.09 bits per heavy atom. The number of halogens is 4. The topological polar surface area (TPSA) is 98.9 Å². The standard InChI is InChI=1S/C23H24ClF3N8/c1-13-11-35-20(32-33-21(35)22(5-3-6-22)23(25,26)27)17-8-14(12-34(13)17)15-9-19(30-10-16(15)24)31-18(29-2)4-7-28/h4,7-10,12-13H,3,5-6,11,28H2,1-2H3,(H,29,30,31)/t13-/m0/s1. The van der Waals surface area contributed by atoms with Gasteiger partial charge < -0.3 is 20.2 Å². The van der Waals surface area contributed by atoms with Crippen LogP contribution in [0.1, 0.15) is 38.1 Å². The second-order valence-corrected chi connectivity index (χ2v) is 9.31. The van der Waals surface area contributed by atoms with Crippen molar-refractivity contribution >= 4 is 23.3 Å². The van der Waals surface area contributed by atoms with Crippen LogP contribution in [0.4, 0.5) is 19.0 Å². The zero-order valence-corrected chi connectivity index (χ0v) is 19.9. The molecule has 3 aromatic heterocycles. The molecule has 0 spiro atoms. The number of anilines is 1. The van der Waals surface area contributed by atoms with Gasteiger partial charge in [0.1, 0.15) is 22.9 Å². The molecule has 0 aromatic carbocycles. The predicted octanol–water partition coefficient (Wildman–Crippen LogP) is 4.93. The van der Waals surface area contributed by atoms with E-state index >= 15 is 0 Å². The van der Waals surface area contributed by atoms with Crippen molar-refractivity contribution in [3.63, 3.8) is 0 Å². The highest BCUT2D eigenvalue weighted by atomic mass is 35.5. The lowest BCUT2D eigenvalue weighted by molar-refractivity contribution is -0.216. The van der Waals surface area contributed by atoms with Crippen LogP contribution in [-0.2, 0) is 12.0 Å². The van der Waals surface area contributed by atoms with Crippen LogP contribution in [0.3, 0.4) is 0 Å². The van der Waals surface area contributed by atoms with Crippen LogP contribution >= 0.6 is 11.6 Å². The maximum Gasteiger partial charge on any atom is 0.401 e. The fourth-order valence-electron chi connectivity index (χ4n) is 4.83. The van der Waals surface area contributed by atoms with Crippen LogP contribution in [0.2, 0.25) is 5.02 Å². The van der Waals surface area contributed by atoms with E-state index in [2.05, 4.69) is 25.5 Å². The van der Waals surface area contributed by atoms with Gasteiger partial charge in [-0.25, -0.2) is 4.98 Å². The molecule has 3 aromatic rings. The molecule has 0 saturated heterocycles. The molecule has 0 unspecified atom stereocenters. The highest BCUT2D eigenvalue weighted by molar-refractivity contribution is 6.33. The summed E-state index contributed by atoms with van der Waals surface area (Å²) >= 11 is 6.48. The Hall–Kier alpha value is -3.34. The predicted molar refractivity (Wildman–Crippen MR) is 128 cm³/mol. The minimum atomic E-state index is -4.36. The van der Waals surface area contributed by atoms with E-state index in [4.69, 9.17) is 17.3 Å². The van der Waals surface area contributed by atoms with Crippen LogP contribution in [0.15, 0.2) is 41.8 Å². The fraction of sp³-hybridized carbons (Fsp3) is 0.391. The van der Waals surface area contributed by atoms with E-state index in [-0.39, 0.29) is 24.7 Å². The molecule has 12 heteroatoms. The van der Waals surface area contributed by atoms with Crippen molar-refractivity contribution in [2.75, 3.05) is 12.4 Å². The van der Waals surface area contributed by atoms with Gasteiger partial charge in [-0.05, 0) is 44.2 Å². The number of nitrogens with zero attached hydrogens (tertiary/aromatic N) is 6. The normalized spacial score (nSPS) is 19.4. The lowest BCUT2D eigenvalue weighted by atomic mass is 9.67. The van der Waals surface area contributed by atoms with Gasteiger partial charge in [0.2, 0.25) is 0 Å². The van der Waals surface area contributed by atoms with Crippen LogP contribution < -0.4 is 11.1 Å². The first-order valence-electron chi connectivity index (χ1n) is 11.2. The quantitative estimate of drug-likeness (QED) is 0.387. The third-order valence-corrected chi connectivity index (χ3v) is 7.15. The van der Waals surface area contributed by atoms with Crippen molar-refractivity contribution in [1.82, 2.24) is 24.3 Å². The van der Waals surface area contributed by atoms with Gasteiger partial charge in [0.15, 0.2) is 5.82 Å². The van der Waals surface area contributed by atoms with E-state index in [0.29, 0.717) is 46.7 Å². The summed E-state index contributed by atoms with van der Waals surface area (Å²) in [6.45, 7) is 2.32. The largest absolute Gasteiger partial charge is 0.404 e. The van der Waals surface area contributed by atoms with Crippen LogP contribution in [0.5, 0.6) is 0 Å². The second-order valence-electron chi connectivity index (χ2n) is 8.90. The number of amidine groups is 1. The molecule has 0 amide bonds. The van der Waals surface area contributed by atoms with Crippen LogP contribution in [0.25, 0.3) is 22.6 Å².